The third kappa shape index (κ3) is 4.27. The van der Waals surface area contributed by atoms with Crippen LogP contribution in [-0.4, -0.2) is 40.5 Å². The van der Waals surface area contributed by atoms with Crippen molar-refractivity contribution in [3.05, 3.63) is 48.0 Å². The van der Waals surface area contributed by atoms with Crippen LogP contribution in [0, 0.1) is 5.82 Å². The number of amidine groups is 1. The molecule has 0 aliphatic carbocycles. The third-order valence-electron chi connectivity index (χ3n) is 4.59. The number of alkyl halides is 3. The van der Waals surface area contributed by atoms with Gasteiger partial charge in [-0.2, -0.15) is 13.2 Å². The van der Waals surface area contributed by atoms with Crippen LogP contribution in [-0.2, 0) is 4.74 Å². The van der Waals surface area contributed by atoms with Crippen LogP contribution >= 0.6 is 0 Å². The summed E-state index contributed by atoms with van der Waals surface area (Å²) in [5.74, 6) is 0.246. The molecule has 0 radical (unpaired) electrons. The van der Waals surface area contributed by atoms with E-state index in [0.29, 0.717) is 17.0 Å². The molecule has 31 heavy (non-hydrogen) atoms. The van der Waals surface area contributed by atoms with E-state index in [2.05, 4.69) is 24.9 Å². The van der Waals surface area contributed by atoms with Gasteiger partial charge in [0.2, 0.25) is 0 Å². The van der Waals surface area contributed by atoms with Crippen LogP contribution in [0.2, 0.25) is 0 Å². The van der Waals surface area contributed by atoms with Crippen LogP contribution in [0.1, 0.15) is 18.0 Å². The van der Waals surface area contributed by atoms with E-state index in [9.17, 15) is 17.6 Å². The van der Waals surface area contributed by atoms with Crippen LogP contribution in [0.3, 0.4) is 0 Å². The number of methoxy groups -OCH3 is 1. The van der Waals surface area contributed by atoms with Gasteiger partial charge in [0.05, 0.1) is 25.5 Å². The fraction of sp³-hybridized carbons (Fsp3) is 0.263. The van der Waals surface area contributed by atoms with Crippen LogP contribution in [0.5, 0.6) is 5.75 Å². The minimum atomic E-state index is -4.66. The summed E-state index contributed by atoms with van der Waals surface area (Å²) in [4.78, 5) is 12.0. The summed E-state index contributed by atoms with van der Waals surface area (Å²) >= 11 is 0. The second-order valence-electron chi connectivity index (χ2n) is 6.63. The van der Waals surface area contributed by atoms with Crippen molar-refractivity contribution in [3.63, 3.8) is 0 Å². The second-order valence-corrected chi connectivity index (χ2v) is 6.63. The standard InChI is InChI=1S/C19H15F4N5O3/c1-29-10-7-25-17(26-8-10)14-5-15(31-28-14)9-2-3-12(20)11(4-9)13-6-16(19(21,22)23)30-18(24)27-13/h2-5,7-8,13,16H,6H2,1H3,(H2,24,27)/t13?,16-/m0/s1. The molecular formula is C19H15F4N5O3. The fourth-order valence-corrected chi connectivity index (χ4v) is 3.05. The number of aromatic nitrogens is 3. The molecule has 0 bridgehead atoms. The van der Waals surface area contributed by atoms with Crippen LogP contribution in [0.25, 0.3) is 22.8 Å². The first-order valence-electron chi connectivity index (χ1n) is 8.94. The first-order chi connectivity index (χ1) is 14.7. The molecule has 2 atom stereocenters. The Kier molecular flexibility index (Phi) is 5.21. The van der Waals surface area contributed by atoms with Gasteiger partial charge in [0.15, 0.2) is 29.1 Å². The van der Waals surface area contributed by atoms with E-state index in [1.54, 1.807) is 0 Å². The van der Waals surface area contributed by atoms with Crippen molar-refractivity contribution < 1.29 is 31.6 Å². The van der Waals surface area contributed by atoms with Crippen LogP contribution in [0.15, 0.2) is 46.2 Å². The number of nitrogens with zero attached hydrogens (tertiary/aromatic N) is 4. The molecule has 1 aliphatic rings. The van der Waals surface area contributed by atoms with E-state index in [4.69, 9.17) is 15.0 Å². The number of benzene rings is 1. The van der Waals surface area contributed by atoms with E-state index < -0.39 is 36.6 Å². The Morgan fingerprint density at radius 3 is 2.58 bits per heavy atom. The van der Waals surface area contributed by atoms with Gasteiger partial charge in [-0.3, -0.25) is 0 Å². The number of aliphatic imine (C=N–C) groups is 1. The monoisotopic (exact) mass is 437 g/mol. The zero-order valence-corrected chi connectivity index (χ0v) is 15.9. The molecule has 2 aromatic heterocycles. The Morgan fingerprint density at radius 2 is 1.90 bits per heavy atom. The van der Waals surface area contributed by atoms with Gasteiger partial charge >= 0.3 is 6.18 Å². The molecule has 1 unspecified atom stereocenters. The van der Waals surface area contributed by atoms with Gasteiger partial charge in [-0.15, -0.1) is 0 Å². The average Bonchev–Trinajstić information content (AvgIpc) is 3.23. The Labute approximate surface area is 172 Å². The summed E-state index contributed by atoms with van der Waals surface area (Å²) in [6.07, 6.45) is -4.53. The van der Waals surface area contributed by atoms with Crippen molar-refractivity contribution >= 4 is 6.02 Å². The van der Waals surface area contributed by atoms with Gasteiger partial charge in [0.1, 0.15) is 5.82 Å². The highest BCUT2D eigenvalue weighted by atomic mass is 19.4. The number of nitrogens with two attached hydrogens (primary N) is 1. The summed E-state index contributed by atoms with van der Waals surface area (Å²) in [5.41, 5.74) is 6.01. The average molecular weight is 437 g/mol. The van der Waals surface area contributed by atoms with Crippen molar-refractivity contribution in [1.82, 2.24) is 15.1 Å². The molecule has 8 nitrogen and oxygen atoms in total. The second kappa shape index (κ2) is 7.85. The van der Waals surface area contributed by atoms with E-state index in [0.717, 1.165) is 6.07 Å². The predicted molar refractivity (Wildman–Crippen MR) is 99.4 cm³/mol. The first kappa shape index (κ1) is 20.6. The molecule has 0 saturated heterocycles. The SMILES string of the molecule is COc1cnc(-c2cc(-c3ccc(F)c(C4C[C@@H](C(F)(F)F)OC(N)=N4)c3)on2)nc1. The number of rotatable bonds is 4. The van der Waals surface area contributed by atoms with Crippen molar-refractivity contribution in [1.29, 1.82) is 0 Å². The molecule has 0 spiro atoms. The molecule has 0 amide bonds. The van der Waals surface area contributed by atoms with Gasteiger partial charge in [0.25, 0.3) is 6.02 Å². The van der Waals surface area contributed by atoms with E-state index in [-0.39, 0.29) is 17.1 Å². The van der Waals surface area contributed by atoms with Crippen molar-refractivity contribution in [2.24, 2.45) is 10.7 Å². The van der Waals surface area contributed by atoms with Crippen molar-refractivity contribution in [2.75, 3.05) is 7.11 Å². The van der Waals surface area contributed by atoms with Gasteiger partial charge in [-0.1, -0.05) is 5.16 Å². The third-order valence-corrected chi connectivity index (χ3v) is 4.59. The van der Waals surface area contributed by atoms with Crippen LogP contribution in [0.4, 0.5) is 17.6 Å². The Morgan fingerprint density at radius 1 is 1.16 bits per heavy atom. The number of hydrogen-bond donors (Lipinski definition) is 1. The summed E-state index contributed by atoms with van der Waals surface area (Å²) < 4.78 is 68.6. The Hall–Kier alpha value is -3.70. The highest BCUT2D eigenvalue weighted by molar-refractivity contribution is 5.73. The van der Waals surface area contributed by atoms with E-state index in [1.165, 1.54) is 37.7 Å². The zero-order chi connectivity index (χ0) is 22.2. The van der Waals surface area contributed by atoms with Gasteiger partial charge < -0.3 is 19.7 Å². The molecule has 12 heteroatoms. The maximum Gasteiger partial charge on any atom is 0.425 e. The quantitative estimate of drug-likeness (QED) is 0.621. The lowest BCUT2D eigenvalue weighted by atomic mass is 9.97. The lowest BCUT2D eigenvalue weighted by molar-refractivity contribution is -0.204. The lowest BCUT2D eigenvalue weighted by Gasteiger charge is -2.28. The smallest absolute Gasteiger partial charge is 0.425 e. The van der Waals surface area contributed by atoms with E-state index in [1.807, 2.05) is 0 Å². The minimum Gasteiger partial charge on any atom is -0.494 e. The molecule has 162 valence electrons. The van der Waals surface area contributed by atoms with Gasteiger partial charge in [-0.05, 0) is 18.2 Å². The van der Waals surface area contributed by atoms with Crippen molar-refractivity contribution in [3.8, 4) is 28.6 Å². The predicted octanol–water partition coefficient (Wildman–Crippen LogP) is 3.65. The molecular weight excluding hydrogens is 422 g/mol. The highest BCUT2D eigenvalue weighted by Crippen LogP contribution is 2.37. The van der Waals surface area contributed by atoms with Crippen LogP contribution < -0.4 is 10.5 Å². The molecule has 3 heterocycles. The normalized spacial score (nSPS) is 18.9. The molecule has 2 N–H and O–H groups in total. The summed E-state index contributed by atoms with van der Waals surface area (Å²) in [6.45, 7) is 0. The highest BCUT2D eigenvalue weighted by Gasteiger charge is 2.46. The Bertz CT molecular complexity index is 1110. The lowest BCUT2D eigenvalue weighted by Crippen LogP contribution is -2.40. The summed E-state index contributed by atoms with van der Waals surface area (Å²) in [5, 5.41) is 3.89. The molecule has 0 fully saturated rings. The zero-order valence-electron chi connectivity index (χ0n) is 15.9. The van der Waals surface area contributed by atoms with Gasteiger partial charge in [0, 0.05) is 23.6 Å². The number of halogens is 4. The molecule has 0 saturated carbocycles. The number of ether oxygens (including phenoxy) is 2. The molecule has 4 rings (SSSR count). The first-order valence-corrected chi connectivity index (χ1v) is 8.94. The summed E-state index contributed by atoms with van der Waals surface area (Å²) in [6, 6.07) is 3.56. The number of hydrogen-bond acceptors (Lipinski definition) is 8. The topological polar surface area (TPSA) is 109 Å². The molecule has 1 aliphatic heterocycles. The maximum absolute atomic E-state index is 14.5. The largest absolute Gasteiger partial charge is 0.494 e. The fourth-order valence-electron chi connectivity index (χ4n) is 3.05. The molecule has 3 aromatic rings. The maximum atomic E-state index is 14.5. The minimum absolute atomic E-state index is 0.0725. The Balaban J connectivity index is 1.64. The van der Waals surface area contributed by atoms with E-state index >= 15 is 0 Å². The summed E-state index contributed by atoms with van der Waals surface area (Å²) in [7, 11) is 1.48. The van der Waals surface area contributed by atoms with Crippen molar-refractivity contribution in [2.45, 2.75) is 24.7 Å². The molecule has 1 aromatic carbocycles. The van der Waals surface area contributed by atoms with Gasteiger partial charge in [-0.25, -0.2) is 19.4 Å².